The van der Waals surface area contributed by atoms with Crippen molar-refractivity contribution in [2.24, 2.45) is 5.92 Å². The lowest BCUT2D eigenvalue weighted by atomic mass is 9.94. The number of esters is 1. The van der Waals surface area contributed by atoms with E-state index in [-0.39, 0.29) is 6.42 Å². The Kier molecular flexibility index (Phi) is 7.88. The van der Waals surface area contributed by atoms with Crippen LogP contribution in [0.4, 0.5) is 13.2 Å². The van der Waals surface area contributed by atoms with Gasteiger partial charge >= 0.3 is 12.1 Å². The molecule has 0 aromatic heterocycles. The number of carbonyl (C=O) groups excluding carboxylic acids is 1. The van der Waals surface area contributed by atoms with E-state index < -0.39 is 39.8 Å². The molecule has 0 aliphatic heterocycles. The first-order valence-corrected chi connectivity index (χ1v) is 7.92. The number of unbranched alkanes of at least 4 members (excludes halogenated alkanes) is 1. The molecule has 3 atom stereocenters. The maximum Gasteiger partial charge on any atom is 0.405 e. The number of nitrogens with one attached hydrogen (secondary N) is 1. The van der Waals surface area contributed by atoms with Crippen molar-refractivity contribution in [3.05, 3.63) is 0 Å². The molecule has 0 saturated carbocycles. The molecular formula is C13H24F3NO3S. The molecule has 0 bridgehead atoms. The zero-order valence-corrected chi connectivity index (χ0v) is 13.9. The van der Waals surface area contributed by atoms with Crippen LogP contribution in [0.3, 0.4) is 0 Å². The van der Waals surface area contributed by atoms with Gasteiger partial charge in [-0.2, -0.15) is 13.2 Å². The largest absolute Gasteiger partial charge is 0.469 e. The Balaban J connectivity index is 5.34. The van der Waals surface area contributed by atoms with E-state index in [1.807, 2.05) is 6.92 Å². The molecule has 0 heterocycles. The SMILES string of the molecule is CCCC[C@H](C(=O)OC)[C@H](N[S@@](=O)C(C)(C)C)C(F)(F)F. The molecule has 0 aromatic rings. The number of rotatable bonds is 7. The number of hydrogen-bond acceptors (Lipinski definition) is 3. The third-order valence-corrected chi connectivity index (χ3v) is 4.50. The smallest absolute Gasteiger partial charge is 0.405 e. The van der Waals surface area contributed by atoms with Crippen LogP contribution < -0.4 is 4.72 Å². The summed E-state index contributed by atoms with van der Waals surface area (Å²) in [6, 6.07) is -2.18. The Hall–Kier alpha value is -0.630. The highest BCUT2D eigenvalue weighted by molar-refractivity contribution is 7.84. The van der Waals surface area contributed by atoms with Crippen LogP contribution in [0, 0.1) is 5.92 Å². The van der Waals surface area contributed by atoms with Crippen LogP contribution in [-0.4, -0.2) is 34.3 Å². The van der Waals surface area contributed by atoms with Crippen molar-refractivity contribution in [2.75, 3.05) is 7.11 Å². The Labute approximate surface area is 126 Å². The van der Waals surface area contributed by atoms with Crippen LogP contribution in [0.2, 0.25) is 0 Å². The average Bonchev–Trinajstić information content (AvgIpc) is 2.34. The second kappa shape index (κ2) is 8.12. The minimum atomic E-state index is -4.69. The molecule has 0 aromatic carbocycles. The predicted molar refractivity (Wildman–Crippen MR) is 75.9 cm³/mol. The second-order valence-electron chi connectivity index (χ2n) is 5.79. The van der Waals surface area contributed by atoms with Crippen molar-refractivity contribution in [1.82, 2.24) is 4.72 Å². The minimum absolute atomic E-state index is 0.0295. The molecule has 0 spiro atoms. The summed E-state index contributed by atoms with van der Waals surface area (Å²) in [5, 5.41) is 0. The Morgan fingerprint density at radius 2 is 1.81 bits per heavy atom. The number of hydrogen-bond donors (Lipinski definition) is 1. The van der Waals surface area contributed by atoms with Crippen LogP contribution in [0.25, 0.3) is 0 Å². The van der Waals surface area contributed by atoms with Crippen molar-refractivity contribution in [3.8, 4) is 0 Å². The molecule has 0 radical (unpaired) electrons. The second-order valence-corrected chi connectivity index (χ2v) is 7.79. The van der Waals surface area contributed by atoms with Gasteiger partial charge in [0.05, 0.1) is 28.8 Å². The summed E-state index contributed by atoms with van der Waals surface area (Å²) in [4.78, 5) is 11.7. The van der Waals surface area contributed by atoms with Gasteiger partial charge in [0.2, 0.25) is 0 Å². The number of halogens is 3. The highest BCUT2D eigenvalue weighted by Gasteiger charge is 2.49. The van der Waals surface area contributed by atoms with Crippen molar-refractivity contribution in [2.45, 2.75) is 63.9 Å². The summed E-state index contributed by atoms with van der Waals surface area (Å²) in [6.45, 7) is 6.49. The molecule has 8 heteroatoms. The minimum Gasteiger partial charge on any atom is -0.469 e. The molecule has 0 amide bonds. The van der Waals surface area contributed by atoms with Crippen molar-refractivity contribution in [3.63, 3.8) is 0 Å². The fourth-order valence-electron chi connectivity index (χ4n) is 1.67. The molecule has 0 unspecified atom stereocenters. The molecule has 1 N–H and O–H groups in total. The Bertz CT molecular complexity index is 367. The van der Waals surface area contributed by atoms with Crippen LogP contribution >= 0.6 is 0 Å². The summed E-state index contributed by atoms with van der Waals surface area (Å²) >= 11 is 0. The van der Waals surface area contributed by atoms with Gasteiger partial charge in [0.15, 0.2) is 0 Å². The quantitative estimate of drug-likeness (QED) is 0.730. The summed E-state index contributed by atoms with van der Waals surface area (Å²) < 4.78 is 57.3. The molecule has 4 nitrogen and oxygen atoms in total. The summed E-state index contributed by atoms with van der Waals surface area (Å²) in [7, 11) is -0.885. The van der Waals surface area contributed by atoms with E-state index in [0.717, 1.165) is 7.11 Å². The highest BCUT2D eigenvalue weighted by Crippen LogP contribution is 2.30. The van der Waals surface area contributed by atoms with Crippen LogP contribution in [0.15, 0.2) is 0 Å². The molecule has 0 aliphatic rings. The standard InChI is InChI=1S/C13H24F3NO3S/c1-6-7-8-9(11(18)20-5)10(13(14,15)16)17-21(19)12(2,3)4/h9-10,17H,6-8H2,1-5H3/t9-,10-,21-/m0/s1. The van der Waals surface area contributed by atoms with Gasteiger partial charge in [-0.05, 0) is 27.2 Å². The Morgan fingerprint density at radius 3 is 2.14 bits per heavy atom. The van der Waals surface area contributed by atoms with Gasteiger partial charge in [-0.25, -0.2) is 8.93 Å². The normalized spacial score (nSPS) is 17.1. The predicted octanol–water partition coefficient (Wildman–Crippen LogP) is 2.95. The topological polar surface area (TPSA) is 55.4 Å². The first-order valence-electron chi connectivity index (χ1n) is 6.77. The zero-order chi connectivity index (χ0) is 16.8. The van der Waals surface area contributed by atoms with Crippen LogP contribution in [0.5, 0.6) is 0 Å². The molecular weight excluding hydrogens is 307 g/mol. The van der Waals surface area contributed by atoms with E-state index in [1.165, 1.54) is 0 Å². The molecule has 21 heavy (non-hydrogen) atoms. The van der Waals surface area contributed by atoms with Gasteiger partial charge < -0.3 is 4.74 Å². The van der Waals surface area contributed by atoms with E-state index in [1.54, 1.807) is 20.8 Å². The molecule has 0 saturated heterocycles. The molecule has 126 valence electrons. The lowest BCUT2D eigenvalue weighted by molar-refractivity contribution is -0.178. The maximum atomic E-state index is 13.2. The third kappa shape index (κ3) is 6.78. The average molecular weight is 331 g/mol. The highest BCUT2D eigenvalue weighted by atomic mass is 32.2. The summed E-state index contributed by atoms with van der Waals surface area (Å²) in [6.07, 6.45) is -3.55. The van der Waals surface area contributed by atoms with E-state index in [0.29, 0.717) is 12.8 Å². The van der Waals surface area contributed by atoms with Crippen LogP contribution in [0.1, 0.15) is 47.0 Å². The van der Waals surface area contributed by atoms with E-state index in [9.17, 15) is 22.2 Å². The van der Waals surface area contributed by atoms with E-state index in [4.69, 9.17) is 0 Å². The molecule has 0 aliphatic carbocycles. The third-order valence-electron chi connectivity index (χ3n) is 2.92. The zero-order valence-electron chi connectivity index (χ0n) is 13.0. The van der Waals surface area contributed by atoms with Crippen LogP contribution in [-0.2, 0) is 20.5 Å². The van der Waals surface area contributed by atoms with Crippen molar-refractivity contribution < 1.29 is 26.9 Å². The van der Waals surface area contributed by atoms with Crippen molar-refractivity contribution in [1.29, 1.82) is 0 Å². The fourth-order valence-corrected chi connectivity index (χ4v) is 2.55. The fraction of sp³-hybridized carbons (Fsp3) is 0.923. The van der Waals surface area contributed by atoms with Gasteiger partial charge in [0.25, 0.3) is 0 Å². The van der Waals surface area contributed by atoms with Gasteiger partial charge in [-0.15, -0.1) is 0 Å². The summed E-state index contributed by atoms with van der Waals surface area (Å²) in [5.41, 5.74) is 0. The van der Waals surface area contributed by atoms with Gasteiger partial charge in [0.1, 0.15) is 6.04 Å². The maximum absolute atomic E-state index is 13.2. The lowest BCUT2D eigenvalue weighted by Crippen LogP contribution is -2.53. The summed E-state index contributed by atoms with van der Waals surface area (Å²) in [5.74, 6) is -2.34. The van der Waals surface area contributed by atoms with E-state index >= 15 is 0 Å². The monoisotopic (exact) mass is 331 g/mol. The van der Waals surface area contributed by atoms with Gasteiger partial charge in [-0.1, -0.05) is 19.8 Å². The number of methoxy groups -OCH3 is 1. The molecule has 0 fully saturated rings. The van der Waals surface area contributed by atoms with Gasteiger partial charge in [0, 0.05) is 0 Å². The van der Waals surface area contributed by atoms with Crippen molar-refractivity contribution >= 4 is 17.0 Å². The Morgan fingerprint density at radius 1 is 1.29 bits per heavy atom. The lowest BCUT2D eigenvalue weighted by Gasteiger charge is -2.30. The molecule has 0 rings (SSSR count). The number of alkyl halides is 3. The number of ether oxygens (including phenoxy) is 1. The first kappa shape index (κ1) is 20.4. The number of carbonyl (C=O) groups is 1. The first-order chi connectivity index (χ1) is 9.45. The van der Waals surface area contributed by atoms with E-state index in [2.05, 4.69) is 9.46 Å². The van der Waals surface area contributed by atoms with Gasteiger partial charge in [-0.3, -0.25) is 4.79 Å².